The quantitative estimate of drug-likeness (QED) is 0.684. The van der Waals surface area contributed by atoms with Crippen LogP contribution in [0.4, 0.5) is 10.2 Å². The molecule has 1 amide bonds. The van der Waals surface area contributed by atoms with Crippen molar-refractivity contribution in [2.24, 2.45) is 5.92 Å². The molecule has 2 aliphatic rings. The molecule has 148 valence electrons. The lowest BCUT2D eigenvalue weighted by Crippen LogP contribution is -2.40. The van der Waals surface area contributed by atoms with Crippen molar-refractivity contribution in [2.75, 3.05) is 24.5 Å². The molecule has 2 atom stereocenters. The first kappa shape index (κ1) is 18.0. The van der Waals surface area contributed by atoms with Crippen molar-refractivity contribution >= 4 is 22.6 Å². The van der Waals surface area contributed by atoms with Gasteiger partial charge in [0.25, 0.3) is 0 Å². The fraction of sp³-hybridized carbons (Fsp3) is 0.364. The van der Waals surface area contributed by atoms with E-state index >= 15 is 0 Å². The van der Waals surface area contributed by atoms with E-state index in [0.717, 1.165) is 42.8 Å². The van der Waals surface area contributed by atoms with Gasteiger partial charge in [0.2, 0.25) is 5.91 Å². The van der Waals surface area contributed by atoms with Gasteiger partial charge in [0.1, 0.15) is 23.5 Å². The Balaban J connectivity index is 1.31. The number of nitrogens with zero attached hydrogens (tertiary/aromatic N) is 5. The summed E-state index contributed by atoms with van der Waals surface area (Å²) in [5, 5.41) is 0.724. The zero-order valence-corrected chi connectivity index (χ0v) is 16.0. The number of rotatable bonds is 4. The molecule has 2 aliphatic heterocycles. The molecule has 29 heavy (non-hydrogen) atoms. The summed E-state index contributed by atoms with van der Waals surface area (Å²) in [6.45, 7) is 2.37. The number of benzene rings is 1. The van der Waals surface area contributed by atoms with Gasteiger partial charge >= 0.3 is 0 Å². The minimum Gasteiger partial charge on any atom is -0.354 e. The van der Waals surface area contributed by atoms with E-state index in [1.807, 2.05) is 29.3 Å². The van der Waals surface area contributed by atoms with E-state index in [2.05, 4.69) is 19.9 Å². The van der Waals surface area contributed by atoms with Gasteiger partial charge in [-0.15, -0.1) is 0 Å². The monoisotopic (exact) mass is 391 g/mol. The molecular weight excluding hydrogens is 369 g/mol. The number of hydrogen-bond donors (Lipinski definition) is 0. The molecule has 4 heterocycles. The maximum atomic E-state index is 14.1. The number of aromatic nitrogens is 3. The lowest BCUT2D eigenvalue weighted by molar-refractivity contribution is -0.131. The highest BCUT2D eigenvalue weighted by Gasteiger charge is 2.43. The maximum absolute atomic E-state index is 14.1. The summed E-state index contributed by atoms with van der Waals surface area (Å²) in [7, 11) is 0. The Morgan fingerprint density at radius 3 is 2.97 bits per heavy atom. The predicted molar refractivity (Wildman–Crippen MR) is 108 cm³/mol. The van der Waals surface area contributed by atoms with E-state index in [0.29, 0.717) is 24.3 Å². The van der Waals surface area contributed by atoms with Crippen molar-refractivity contribution in [3.05, 3.63) is 60.4 Å². The third-order valence-electron chi connectivity index (χ3n) is 6.11. The van der Waals surface area contributed by atoms with Crippen LogP contribution in [0.15, 0.2) is 49.1 Å². The van der Waals surface area contributed by atoms with Crippen LogP contribution in [0, 0.1) is 11.7 Å². The zero-order chi connectivity index (χ0) is 19.8. The average molecular weight is 391 g/mol. The zero-order valence-electron chi connectivity index (χ0n) is 16.0. The van der Waals surface area contributed by atoms with Gasteiger partial charge in [-0.05, 0) is 36.6 Å². The van der Waals surface area contributed by atoms with Crippen LogP contribution in [0.25, 0.3) is 10.9 Å². The van der Waals surface area contributed by atoms with Gasteiger partial charge in [0.15, 0.2) is 0 Å². The number of amides is 1. The van der Waals surface area contributed by atoms with E-state index < -0.39 is 0 Å². The number of para-hydroxylation sites is 1. The number of hydrogen-bond acceptors (Lipinski definition) is 5. The van der Waals surface area contributed by atoms with Crippen LogP contribution < -0.4 is 4.90 Å². The fourth-order valence-corrected chi connectivity index (χ4v) is 4.67. The van der Waals surface area contributed by atoms with Gasteiger partial charge in [-0.25, -0.2) is 14.4 Å². The highest BCUT2D eigenvalue weighted by molar-refractivity contribution is 5.90. The van der Waals surface area contributed by atoms with Crippen LogP contribution >= 0.6 is 0 Å². The summed E-state index contributed by atoms with van der Waals surface area (Å²) in [4.78, 5) is 29.7. The minimum absolute atomic E-state index is 0.190. The lowest BCUT2D eigenvalue weighted by atomic mass is 10.0. The average Bonchev–Trinajstić information content (AvgIpc) is 3.34. The number of pyridine rings is 1. The Labute approximate surface area is 168 Å². The standard InChI is InChI=1S/C22H22FN5O/c23-18-5-1-4-17-21(18)25-14-26-22(17)27-12-16-8-10-28(19(16)13-27)20(29)7-6-15-3-2-9-24-11-15/h1-5,9,11,14,16,19H,6-8,10,12-13H2/t16-,19+/m0/s1. The van der Waals surface area contributed by atoms with Crippen LogP contribution in [-0.2, 0) is 11.2 Å². The third-order valence-corrected chi connectivity index (χ3v) is 6.11. The van der Waals surface area contributed by atoms with Crippen molar-refractivity contribution in [1.82, 2.24) is 19.9 Å². The van der Waals surface area contributed by atoms with Crippen molar-refractivity contribution in [3.63, 3.8) is 0 Å². The molecule has 0 saturated carbocycles. The normalized spacial score (nSPS) is 21.0. The van der Waals surface area contributed by atoms with Crippen LogP contribution in [0.5, 0.6) is 0 Å². The van der Waals surface area contributed by atoms with Crippen LogP contribution in [-0.4, -0.2) is 51.4 Å². The molecule has 0 spiro atoms. The molecule has 2 aromatic heterocycles. The Kier molecular flexibility index (Phi) is 4.58. The fourth-order valence-electron chi connectivity index (χ4n) is 4.67. The van der Waals surface area contributed by atoms with Crippen molar-refractivity contribution in [1.29, 1.82) is 0 Å². The second-order valence-corrected chi connectivity index (χ2v) is 7.80. The van der Waals surface area contributed by atoms with E-state index in [1.54, 1.807) is 12.3 Å². The molecule has 3 aromatic rings. The Morgan fingerprint density at radius 1 is 1.17 bits per heavy atom. The van der Waals surface area contributed by atoms with Gasteiger partial charge in [-0.3, -0.25) is 9.78 Å². The second kappa shape index (κ2) is 7.39. The first-order valence-corrected chi connectivity index (χ1v) is 10.0. The van der Waals surface area contributed by atoms with Crippen molar-refractivity contribution in [2.45, 2.75) is 25.3 Å². The Hall–Kier alpha value is -3.09. The number of halogens is 1. The second-order valence-electron chi connectivity index (χ2n) is 7.80. The van der Waals surface area contributed by atoms with Gasteiger partial charge in [0.05, 0.1) is 6.04 Å². The summed E-state index contributed by atoms with van der Waals surface area (Å²) in [5.74, 6) is 1.04. The summed E-state index contributed by atoms with van der Waals surface area (Å²) in [5.41, 5.74) is 1.43. The van der Waals surface area contributed by atoms with E-state index in [4.69, 9.17) is 0 Å². The summed E-state index contributed by atoms with van der Waals surface area (Å²) in [6, 6.07) is 9.06. The molecule has 6 nitrogen and oxygen atoms in total. The molecule has 0 unspecified atom stereocenters. The number of carbonyl (C=O) groups excluding carboxylic acids is 1. The highest BCUT2D eigenvalue weighted by atomic mass is 19.1. The summed E-state index contributed by atoms with van der Waals surface area (Å²) >= 11 is 0. The molecule has 0 N–H and O–H groups in total. The molecule has 1 aromatic carbocycles. The number of anilines is 1. The molecule has 0 radical (unpaired) electrons. The molecular formula is C22H22FN5O. The van der Waals surface area contributed by atoms with Gasteiger partial charge < -0.3 is 9.80 Å². The minimum atomic E-state index is -0.335. The van der Waals surface area contributed by atoms with Gasteiger partial charge in [0, 0.05) is 49.8 Å². The number of aryl methyl sites for hydroxylation is 1. The highest BCUT2D eigenvalue weighted by Crippen LogP contribution is 2.36. The molecule has 2 fully saturated rings. The van der Waals surface area contributed by atoms with Crippen LogP contribution in [0.2, 0.25) is 0 Å². The topological polar surface area (TPSA) is 62.2 Å². The van der Waals surface area contributed by atoms with Crippen molar-refractivity contribution < 1.29 is 9.18 Å². The van der Waals surface area contributed by atoms with E-state index in [9.17, 15) is 9.18 Å². The maximum Gasteiger partial charge on any atom is 0.223 e. The van der Waals surface area contributed by atoms with E-state index in [1.165, 1.54) is 12.4 Å². The number of carbonyl (C=O) groups is 1. The summed E-state index contributed by atoms with van der Waals surface area (Å²) < 4.78 is 14.1. The molecule has 7 heteroatoms. The summed E-state index contributed by atoms with van der Waals surface area (Å²) in [6.07, 6.45) is 7.18. The van der Waals surface area contributed by atoms with Gasteiger partial charge in [-0.2, -0.15) is 0 Å². The number of fused-ring (bicyclic) bond motifs is 2. The Bertz CT molecular complexity index is 1040. The molecule has 0 aliphatic carbocycles. The first-order chi connectivity index (χ1) is 14.2. The van der Waals surface area contributed by atoms with Crippen molar-refractivity contribution in [3.8, 4) is 0 Å². The van der Waals surface area contributed by atoms with Crippen LogP contribution in [0.3, 0.4) is 0 Å². The first-order valence-electron chi connectivity index (χ1n) is 10.0. The smallest absolute Gasteiger partial charge is 0.223 e. The predicted octanol–water partition coefficient (Wildman–Crippen LogP) is 2.83. The third kappa shape index (κ3) is 3.30. The lowest BCUT2D eigenvalue weighted by Gasteiger charge is -2.26. The number of likely N-dealkylation sites (tertiary alicyclic amines) is 1. The van der Waals surface area contributed by atoms with Gasteiger partial charge in [-0.1, -0.05) is 12.1 Å². The Morgan fingerprint density at radius 2 is 2.10 bits per heavy atom. The van der Waals surface area contributed by atoms with E-state index in [-0.39, 0.29) is 17.8 Å². The largest absolute Gasteiger partial charge is 0.354 e. The van der Waals surface area contributed by atoms with Crippen LogP contribution in [0.1, 0.15) is 18.4 Å². The molecule has 5 rings (SSSR count). The molecule has 2 saturated heterocycles. The molecule has 0 bridgehead atoms. The SMILES string of the molecule is O=C(CCc1cccnc1)N1CC[C@H]2CN(c3ncnc4c(F)cccc34)C[C@H]21.